The van der Waals surface area contributed by atoms with Crippen LogP contribution in [0.3, 0.4) is 0 Å². The molecule has 6 nitrogen and oxygen atoms in total. The van der Waals surface area contributed by atoms with Crippen LogP contribution in [0.2, 0.25) is 10.2 Å². The number of carbonyl (C=O) groups excluding carboxylic acids is 1. The molecule has 3 heterocycles. The highest BCUT2D eigenvalue weighted by atomic mass is 35.5. The number of fused-ring (bicyclic) bond motifs is 3. The molecule has 32 heavy (non-hydrogen) atoms. The van der Waals surface area contributed by atoms with Crippen LogP contribution in [0.4, 0.5) is 5.82 Å². The third kappa shape index (κ3) is 2.93. The second-order valence-electron chi connectivity index (χ2n) is 10.0. The molecule has 3 aliphatic rings. The monoisotopic (exact) mass is 473 g/mol. The summed E-state index contributed by atoms with van der Waals surface area (Å²) in [7, 11) is 0. The summed E-state index contributed by atoms with van der Waals surface area (Å²) in [5.74, 6) is -1.47. The number of hydrogen-bond donors (Lipinski definition) is 3. The standard InChI is InChI=1S/C24H25Cl2N3O3/c1-22(2)8-10-23(11-9-22)24(15-6-7-16(26)27-19(15)28-21(24)32)17(18(29-23)20(30)31)13-4-3-5-14(25)12-13/h3-7,12,17-18,29H,8-11H2,1-2H3,(H,30,31)(H,27,28,32)/t17-,18+,24?/m0/s1. The second kappa shape index (κ2) is 7.17. The van der Waals surface area contributed by atoms with Crippen LogP contribution < -0.4 is 10.6 Å². The van der Waals surface area contributed by atoms with Crippen molar-refractivity contribution in [1.82, 2.24) is 10.3 Å². The summed E-state index contributed by atoms with van der Waals surface area (Å²) in [6.07, 6.45) is 3.10. The van der Waals surface area contributed by atoms with Crippen LogP contribution in [-0.2, 0) is 15.0 Å². The highest BCUT2D eigenvalue weighted by Gasteiger charge is 2.73. The zero-order chi connectivity index (χ0) is 22.9. The highest BCUT2D eigenvalue weighted by Crippen LogP contribution is 2.63. The Hall–Kier alpha value is -2.15. The largest absolute Gasteiger partial charge is 0.480 e. The minimum Gasteiger partial charge on any atom is -0.480 e. The van der Waals surface area contributed by atoms with E-state index in [0.717, 1.165) is 18.4 Å². The van der Waals surface area contributed by atoms with Crippen LogP contribution in [-0.4, -0.2) is 33.5 Å². The van der Waals surface area contributed by atoms with Gasteiger partial charge in [-0.1, -0.05) is 55.2 Å². The smallest absolute Gasteiger partial charge is 0.321 e. The lowest BCUT2D eigenvalue weighted by molar-refractivity contribution is -0.139. The lowest BCUT2D eigenvalue weighted by Gasteiger charge is -2.50. The molecule has 1 unspecified atom stereocenters. The number of halogens is 2. The number of rotatable bonds is 2. The second-order valence-corrected chi connectivity index (χ2v) is 10.9. The lowest BCUT2D eigenvalue weighted by atomic mass is 9.53. The summed E-state index contributed by atoms with van der Waals surface area (Å²) in [5, 5.41) is 17.5. The van der Waals surface area contributed by atoms with Gasteiger partial charge >= 0.3 is 5.97 Å². The molecule has 2 aromatic rings. The molecule has 1 amide bonds. The van der Waals surface area contributed by atoms with E-state index in [2.05, 4.69) is 29.5 Å². The molecule has 2 spiro atoms. The molecule has 8 heteroatoms. The van der Waals surface area contributed by atoms with E-state index >= 15 is 0 Å². The van der Waals surface area contributed by atoms with Crippen molar-refractivity contribution in [3.05, 3.63) is 57.7 Å². The van der Waals surface area contributed by atoms with Crippen molar-refractivity contribution < 1.29 is 14.7 Å². The summed E-state index contributed by atoms with van der Waals surface area (Å²) in [6, 6.07) is 9.72. The Kier molecular flexibility index (Phi) is 4.86. The Morgan fingerprint density at radius 2 is 1.84 bits per heavy atom. The zero-order valence-electron chi connectivity index (χ0n) is 17.9. The van der Waals surface area contributed by atoms with Crippen molar-refractivity contribution in [2.45, 2.75) is 62.4 Å². The molecule has 3 N–H and O–H groups in total. The van der Waals surface area contributed by atoms with Gasteiger partial charge in [0.25, 0.3) is 0 Å². The summed E-state index contributed by atoms with van der Waals surface area (Å²) in [4.78, 5) is 30.9. The van der Waals surface area contributed by atoms with Crippen molar-refractivity contribution in [1.29, 1.82) is 0 Å². The van der Waals surface area contributed by atoms with E-state index < -0.39 is 28.9 Å². The van der Waals surface area contributed by atoms with Gasteiger partial charge in [-0.25, -0.2) is 4.98 Å². The fourth-order valence-electron chi connectivity index (χ4n) is 6.24. The van der Waals surface area contributed by atoms with Gasteiger partial charge in [-0.15, -0.1) is 0 Å². The third-order valence-electron chi connectivity index (χ3n) is 7.79. The normalized spacial score (nSPS) is 29.8. The Bertz CT molecular complexity index is 1130. The Morgan fingerprint density at radius 1 is 1.12 bits per heavy atom. The van der Waals surface area contributed by atoms with Gasteiger partial charge in [-0.05, 0) is 54.9 Å². The minimum atomic E-state index is -1.15. The Morgan fingerprint density at radius 3 is 2.50 bits per heavy atom. The number of carboxylic acids is 1. The number of carboxylic acid groups (broad SMARTS) is 1. The fourth-order valence-corrected chi connectivity index (χ4v) is 6.59. The highest BCUT2D eigenvalue weighted by molar-refractivity contribution is 6.30. The number of benzene rings is 1. The van der Waals surface area contributed by atoms with Crippen LogP contribution >= 0.6 is 23.2 Å². The summed E-state index contributed by atoms with van der Waals surface area (Å²) >= 11 is 12.5. The maximum absolute atomic E-state index is 14.0. The van der Waals surface area contributed by atoms with E-state index in [4.69, 9.17) is 23.2 Å². The van der Waals surface area contributed by atoms with Gasteiger partial charge in [0.05, 0.1) is 0 Å². The third-order valence-corrected chi connectivity index (χ3v) is 8.24. The first-order valence-electron chi connectivity index (χ1n) is 10.8. The molecule has 2 aliphatic heterocycles. The molecule has 2 fully saturated rings. The van der Waals surface area contributed by atoms with Gasteiger partial charge in [0.1, 0.15) is 22.4 Å². The van der Waals surface area contributed by atoms with Gasteiger partial charge in [0.2, 0.25) is 5.91 Å². The number of pyridine rings is 1. The van der Waals surface area contributed by atoms with E-state index in [0.29, 0.717) is 29.2 Å². The summed E-state index contributed by atoms with van der Waals surface area (Å²) in [6.45, 7) is 4.43. The van der Waals surface area contributed by atoms with Gasteiger partial charge in [-0.3, -0.25) is 14.9 Å². The fraction of sp³-hybridized carbons (Fsp3) is 0.458. The van der Waals surface area contributed by atoms with Crippen LogP contribution in [0.5, 0.6) is 0 Å². The first kappa shape index (κ1) is 21.7. The van der Waals surface area contributed by atoms with Crippen molar-refractivity contribution >= 4 is 40.9 Å². The topological polar surface area (TPSA) is 91.3 Å². The number of carbonyl (C=O) groups is 2. The summed E-state index contributed by atoms with van der Waals surface area (Å²) in [5.41, 5.74) is -0.338. The van der Waals surface area contributed by atoms with Crippen LogP contribution in [0.15, 0.2) is 36.4 Å². The van der Waals surface area contributed by atoms with Gasteiger partial charge < -0.3 is 10.4 Å². The molecule has 1 aliphatic carbocycles. The average Bonchev–Trinajstić information content (AvgIpc) is 3.18. The number of aliphatic carboxylic acids is 1. The number of hydrogen-bond acceptors (Lipinski definition) is 4. The molecule has 1 saturated carbocycles. The number of nitrogens with one attached hydrogen (secondary N) is 2. The summed E-state index contributed by atoms with van der Waals surface area (Å²) < 4.78 is 0. The Balaban J connectivity index is 1.81. The zero-order valence-corrected chi connectivity index (χ0v) is 19.4. The van der Waals surface area contributed by atoms with Crippen LogP contribution in [0, 0.1) is 5.41 Å². The number of aromatic nitrogens is 1. The molecule has 0 radical (unpaired) electrons. The predicted molar refractivity (Wildman–Crippen MR) is 123 cm³/mol. The lowest BCUT2D eigenvalue weighted by Crippen LogP contribution is -2.61. The minimum absolute atomic E-state index is 0.122. The predicted octanol–water partition coefficient (Wildman–Crippen LogP) is 4.76. The number of amides is 1. The molecular formula is C24H25Cl2N3O3. The van der Waals surface area contributed by atoms with E-state index in [-0.39, 0.29) is 16.5 Å². The average molecular weight is 474 g/mol. The maximum atomic E-state index is 14.0. The van der Waals surface area contributed by atoms with Crippen LogP contribution in [0.1, 0.15) is 56.6 Å². The van der Waals surface area contributed by atoms with Gasteiger partial charge in [-0.2, -0.15) is 0 Å². The number of anilines is 1. The van der Waals surface area contributed by atoms with E-state index in [9.17, 15) is 14.7 Å². The first-order valence-corrected chi connectivity index (χ1v) is 11.6. The van der Waals surface area contributed by atoms with Crippen molar-refractivity contribution in [2.24, 2.45) is 5.41 Å². The van der Waals surface area contributed by atoms with E-state index in [1.54, 1.807) is 24.3 Å². The first-order chi connectivity index (χ1) is 15.1. The maximum Gasteiger partial charge on any atom is 0.321 e. The molecule has 0 bridgehead atoms. The molecule has 1 aromatic heterocycles. The SMILES string of the molecule is CC1(C)CCC2(CC1)N[C@@H](C(=O)O)[C@H](c1cccc(Cl)c1)C21C(=O)Nc2nc(Cl)ccc21. The van der Waals surface area contributed by atoms with Crippen LogP contribution in [0.25, 0.3) is 0 Å². The molecule has 5 rings (SSSR count). The number of nitrogens with zero attached hydrogens (tertiary/aromatic N) is 1. The Labute approximate surface area is 196 Å². The molecular weight excluding hydrogens is 449 g/mol. The molecule has 168 valence electrons. The van der Waals surface area contributed by atoms with E-state index in [1.165, 1.54) is 0 Å². The quantitative estimate of drug-likeness (QED) is 0.546. The molecule has 1 saturated heterocycles. The van der Waals surface area contributed by atoms with Crippen molar-refractivity contribution in [3.8, 4) is 0 Å². The molecule has 1 aromatic carbocycles. The van der Waals surface area contributed by atoms with Crippen molar-refractivity contribution in [2.75, 3.05) is 5.32 Å². The van der Waals surface area contributed by atoms with Crippen molar-refractivity contribution in [3.63, 3.8) is 0 Å². The van der Waals surface area contributed by atoms with Gasteiger partial charge in [0.15, 0.2) is 0 Å². The van der Waals surface area contributed by atoms with E-state index in [1.807, 2.05) is 12.1 Å². The molecule has 3 atom stereocenters. The van der Waals surface area contributed by atoms with Gasteiger partial charge in [0, 0.05) is 22.0 Å².